The minimum atomic E-state index is -0.171. The molecule has 168 valence electrons. The Balaban J connectivity index is 1.36. The molecule has 2 aromatic heterocycles. The van der Waals surface area contributed by atoms with Crippen molar-refractivity contribution in [1.82, 2.24) is 25.0 Å². The summed E-state index contributed by atoms with van der Waals surface area (Å²) in [6, 6.07) is 13.0. The van der Waals surface area contributed by atoms with Crippen LogP contribution in [-0.2, 0) is 0 Å². The third kappa shape index (κ3) is 4.21. The first-order valence-electron chi connectivity index (χ1n) is 10.8. The second kappa shape index (κ2) is 8.71. The highest BCUT2D eigenvalue weighted by molar-refractivity contribution is 6.33. The standard InChI is InChI=1S/C24H23ClN6O2/c1-14-9-10-16(23-27-15(2)30-33-23)12-19(14)29-24(32)31-11-5-8-21(31)22-26-13-20(28-22)17-6-3-4-7-18(17)25/h3-4,6-7,9-10,12-13,21H,5,8,11H2,1-2H3,(H,26,28)(H,29,32). The Bertz CT molecular complexity index is 1310. The lowest BCUT2D eigenvalue weighted by atomic mass is 10.1. The molecule has 9 heteroatoms. The molecule has 0 spiro atoms. The number of halogens is 1. The molecule has 4 aromatic rings. The average molecular weight is 463 g/mol. The molecule has 1 unspecified atom stereocenters. The van der Waals surface area contributed by atoms with Gasteiger partial charge in [-0.05, 0) is 50.5 Å². The number of carbonyl (C=O) groups excluding carboxylic acids is 1. The minimum Gasteiger partial charge on any atom is -0.340 e. The third-order valence-corrected chi connectivity index (χ3v) is 6.17. The molecular formula is C24H23ClN6O2. The van der Waals surface area contributed by atoms with E-state index < -0.39 is 0 Å². The van der Waals surface area contributed by atoms with E-state index in [4.69, 9.17) is 16.1 Å². The van der Waals surface area contributed by atoms with Crippen LogP contribution in [0.2, 0.25) is 5.02 Å². The van der Waals surface area contributed by atoms with Crippen LogP contribution in [0.5, 0.6) is 0 Å². The molecule has 3 heterocycles. The summed E-state index contributed by atoms with van der Waals surface area (Å²) in [4.78, 5) is 27.2. The van der Waals surface area contributed by atoms with Crippen LogP contribution >= 0.6 is 11.6 Å². The van der Waals surface area contributed by atoms with E-state index in [9.17, 15) is 4.79 Å². The molecule has 8 nitrogen and oxygen atoms in total. The van der Waals surface area contributed by atoms with Crippen LogP contribution in [0.1, 0.15) is 36.1 Å². The number of anilines is 1. The zero-order valence-electron chi connectivity index (χ0n) is 18.3. The van der Waals surface area contributed by atoms with Gasteiger partial charge in [0.15, 0.2) is 5.82 Å². The molecule has 1 aliphatic heterocycles. The number of rotatable bonds is 4. The number of nitrogens with one attached hydrogen (secondary N) is 2. The van der Waals surface area contributed by atoms with Gasteiger partial charge < -0.3 is 19.7 Å². The van der Waals surface area contributed by atoms with Crippen LogP contribution in [0.25, 0.3) is 22.7 Å². The minimum absolute atomic E-state index is 0.136. The van der Waals surface area contributed by atoms with Crippen molar-refractivity contribution in [1.29, 1.82) is 0 Å². The van der Waals surface area contributed by atoms with Gasteiger partial charge in [-0.1, -0.05) is 41.0 Å². The molecule has 0 bridgehead atoms. The van der Waals surface area contributed by atoms with Crippen molar-refractivity contribution in [2.24, 2.45) is 0 Å². The van der Waals surface area contributed by atoms with Gasteiger partial charge in [-0.15, -0.1) is 0 Å². The SMILES string of the molecule is Cc1noc(-c2ccc(C)c(NC(=O)N3CCCC3c3ncc(-c4ccccc4Cl)[nH]3)c2)n1. The largest absolute Gasteiger partial charge is 0.340 e. The average Bonchev–Trinajstić information content (AvgIpc) is 3.56. The van der Waals surface area contributed by atoms with Crippen LogP contribution in [0.4, 0.5) is 10.5 Å². The number of urea groups is 1. The highest BCUT2D eigenvalue weighted by atomic mass is 35.5. The number of imidazole rings is 1. The maximum Gasteiger partial charge on any atom is 0.322 e. The topological polar surface area (TPSA) is 99.9 Å². The molecule has 0 saturated carbocycles. The van der Waals surface area contributed by atoms with Crippen molar-refractivity contribution in [3.8, 4) is 22.7 Å². The van der Waals surface area contributed by atoms with Crippen LogP contribution in [0.3, 0.4) is 0 Å². The predicted molar refractivity (Wildman–Crippen MR) is 126 cm³/mol. The zero-order chi connectivity index (χ0) is 22.9. The molecule has 1 saturated heterocycles. The fourth-order valence-corrected chi connectivity index (χ4v) is 4.35. The number of nitrogens with zero attached hydrogens (tertiary/aromatic N) is 4. The number of carbonyl (C=O) groups is 1. The Kier molecular flexibility index (Phi) is 5.60. The van der Waals surface area contributed by atoms with Crippen molar-refractivity contribution in [2.45, 2.75) is 32.7 Å². The van der Waals surface area contributed by atoms with Gasteiger partial charge in [0.25, 0.3) is 5.89 Å². The van der Waals surface area contributed by atoms with Gasteiger partial charge in [0.2, 0.25) is 0 Å². The number of hydrogen-bond acceptors (Lipinski definition) is 5. The fraction of sp³-hybridized carbons (Fsp3) is 0.250. The summed E-state index contributed by atoms with van der Waals surface area (Å²) in [7, 11) is 0. The first kappa shape index (κ1) is 21.2. The summed E-state index contributed by atoms with van der Waals surface area (Å²) >= 11 is 6.33. The number of H-pyrrole nitrogens is 1. The lowest BCUT2D eigenvalue weighted by Gasteiger charge is -2.24. The summed E-state index contributed by atoms with van der Waals surface area (Å²) in [5.74, 6) is 1.74. The van der Waals surface area contributed by atoms with Gasteiger partial charge in [0, 0.05) is 28.4 Å². The smallest absolute Gasteiger partial charge is 0.322 e. The van der Waals surface area contributed by atoms with E-state index in [1.807, 2.05) is 54.3 Å². The summed E-state index contributed by atoms with van der Waals surface area (Å²) in [6.45, 7) is 4.37. The fourth-order valence-electron chi connectivity index (χ4n) is 4.11. The molecule has 0 aliphatic carbocycles. The van der Waals surface area contributed by atoms with Gasteiger partial charge in [0.05, 0.1) is 17.9 Å². The summed E-state index contributed by atoms with van der Waals surface area (Å²) in [6.07, 6.45) is 3.51. The second-order valence-corrected chi connectivity index (χ2v) is 8.53. The quantitative estimate of drug-likeness (QED) is 0.401. The number of likely N-dealkylation sites (tertiary alicyclic amines) is 1. The number of aromatic nitrogens is 4. The number of benzene rings is 2. The highest BCUT2D eigenvalue weighted by Crippen LogP contribution is 2.34. The number of amides is 2. The van der Waals surface area contributed by atoms with Crippen LogP contribution in [0.15, 0.2) is 53.2 Å². The number of aromatic amines is 1. The van der Waals surface area contributed by atoms with Gasteiger partial charge in [-0.2, -0.15) is 4.98 Å². The molecule has 2 aromatic carbocycles. The van der Waals surface area contributed by atoms with E-state index in [1.54, 1.807) is 13.1 Å². The molecule has 5 rings (SSSR count). The van der Waals surface area contributed by atoms with Crippen molar-refractivity contribution >= 4 is 23.3 Å². The number of hydrogen-bond donors (Lipinski definition) is 2. The van der Waals surface area contributed by atoms with Gasteiger partial charge in [-0.3, -0.25) is 0 Å². The molecule has 2 amide bonds. The van der Waals surface area contributed by atoms with Gasteiger partial charge in [0.1, 0.15) is 5.82 Å². The zero-order valence-corrected chi connectivity index (χ0v) is 19.1. The Morgan fingerprint density at radius 1 is 1.24 bits per heavy atom. The van der Waals surface area contributed by atoms with Crippen LogP contribution in [0, 0.1) is 13.8 Å². The van der Waals surface area contributed by atoms with Crippen molar-refractivity contribution in [3.05, 3.63) is 70.9 Å². The van der Waals surface area contributed by atoms with Crippen molar-refractivity contribution in [3.63, 3.8) is 0 Å². The third-order valence-electron chi connectivity index (χ3n) is 5.84. The summed E-state index contributed by atoms with van der Waals surface area (Å²) in [5.41, 5.74) is 4.12. The van der Waals surface area contributed by atoms with Gasteiger partial charge >= 0.3 is 6.03 Å². The Morgan fingerprint density at radius 3 is 2.88 bits per heavy atom. The van der Waals surface area contributed by atoms with E-state index in [0.29, 0.717) is 29.0 Å². The Morgan fingerprint density at radius 2 is 2.09 bits per heavy atom. The van der Waals surface area contributed by atoms with E-state index in [-0.39, 0.29) is 12.1 Å². The van der Waals surface area contributed by atoms with Crippen LogP contribution < -0.4 is 5.32 Å². The lowest BCUT2D eigenvalue weighted by Crippen LogP contribution is -2.35. The highest BCUT2D eigenvalue weighted by Gasteiger charge is 2.32. The predicted octanol–water partition coefficient (Wildman–Crippen LogP) is 5.77. The molecule has 1 atom stereocenters. The Labute approximate surface area is 196 Å². The lowest BCUT2D eigenvalue weighted by molar-refractivity contribution is 0.205. The summed E-state index contributed by atoms with van der Waals surface area (Å²) in [5, 5.41) is 7.55. The maximum absolute atomic E-state index is 13.2. The second-order valence-electron chi connectivity index (χ2n) is 8.12. The van der Waals surface area contributed by atoms with Gasteiger partial charge in [-0.25, -0.2) is 9.78 Å². The molecular weight excluding hydrogens is 440 g/mol. The Hall–Kier alpha value is -3.65. The molecule has 1 aliphatic rings. The van der Waals surface area contributed by atoms with E-state index >= 15 is 0 Å². The molecule has 33 heavy (non-hydrogen) atoms. The molecule has 1 fully saturated rings. The van der Waals surface area contributed by atoms with Crippen molar-refractivity contribution < 1.29 is 9.32 Å². The number of aryl methyl sites for hydroxylation is 2. The van der Waals surface area contributed by atoms with E-state index in [1.165, 1.54) is 0 Å². The van der Waals surface area contributed by atoms with Crippen molar-refractivity contribution in [2.75, 3.05) is 11.9 Å². The first-order chi connectivity index (χ1) is 16.0. The van der Waals surface area contributed by atoms with E-state index in [0.717, 1.165) is 41.1 Å². The molecule has 0 radical (unpaired) electrons. The summed E-state index contributed by atoms with van der Waals surface area (Å²) < 4.78 is 5.27. The molecule has 2 N–H and O–H groups in total. The monoisotopic (exact) mass is 462 g/mol. The maximum atomic E-state index is 13.2. The first-order valence-corrected chi connectivity index (χ1v) is 11.2. The normalized spacial score (nSPS) is 15.7. The van der Waals surface area contributed by atoms with Crippen LogP contribution in [-0.4, -0.2) is 37.6 Å². The van der Waals surface area contributed by atoms with E-state index in [2.05, 4.69) is 25.4 Å².